The summed E-state index contributed by atoms with van der Waals surface area (Å²) in [7, 11) is 1.59. The first kappa shape index (κ1) is 27.5. The van der Waals surface area contributed by atoms with Gasteiger partial charge in [-0.15, -0.1) is 0 Å². The van der Waals surface area contributed by atoms with Gasteiger partial charge in [0.05, 0.1) is 31.1 Å². The molecule has 2 aromatic rings. The summed E-state index contributed by atoms with van der Waals surface area (Å²) in [5, 5.41) is 6.29. The highest BCUT2D eigenvalue weighted by Crippen LogP contribution is 2.56. The van der Waals surface area contributed by atoms with E-state index in [4.69, 9.17) is 9.47 Å². The minimum absolute atomic E-state index is 0.0300. The third-order valence-corrected chi connectivity index (χ3v) is 9.95. The molecule has 3 aliphatic heterocycles. The standard InChI is InChI=1S/C33H39N3O5/c1-19-9-8-12-25(20(19)2)35-31(38)29-33-18-17-26(41-33)27(30(37)34-23-13-15-24(40-4)16-14-23)28(33)32(39)36(29)21(3)22-10-6-5-7-11-22/h5-7,10-11,13-21,25-29H,8-9,12H2,1-4H3,(H,34,37)(H,35,38)/t19?,20?,21?,25?,26-,27?,28-,29?,33?/m0/s1. The molecule has 3 fully saturated rings. The van der Waals surface area contributed by atoms with Gasteiger partial charge in [0, 0.05) is 11.7 Å². The van der Waals surface area contributed by atoms with E-state index in [2.05, 4.69) is 24.5 Å². The molecule has 2 aromatic carbocycles. The topological polar surface area (TPSA) is 97.0 Å². The highest BCUT2D eigenvalue weighted by atomic mass is 16.5. The van der Waals surface area contributed by atoms with Crippen molar-refractivity contribution in [1.29, 1.82) is 0 Å². The number of carbonyl (C=O) groups excluding carboxylic acids is 3. The van der Waals surface area contributed by atoms with Crippen LogP contribution >= 0.6 is 0 Å². The Bertz CT molecular complexity index is 1340. The molecule has 6 rings (SSSR count). The predicted octanol–water partition coefficient (Wildman–Crippen LogP) is 4.49. The fraction of sp³-hybridized carbons (Fsp3) is 0.485. The maximum absolute atomic E-state index is 14.4. The predicted molar refractivity (Wildman–Crippen MR) is 155 cm³/mol. The van der Waals surface area contributed by atoms with E-state index in [1.165, 1.54) is 0 Å². The van der Waals surface area contributed by atoms with Crippen molar-refractivity contribution < 1.29 is 23.9 Å². The van der Waals surface area contributed by atoms with Gasteiger partial charge in [-0.25, -0.2) is 0 Å². The third kappa shape index (κ3) is 4.53. The van der Waals surface area contributed by atoms with Gasteiger partial charge in [-0.1, -0.05) is 69.2 Å². The second kappa shape index (κ2) is 10.6. The number of nitrogens with one attached hydrogen (secondary N) is 2. The van der Waals surface area contributed by atoms with Crippen LogP contribution in [0.3, 0.4) is 0 Å². The average Bonchev–Trinajstić information content (AvgIpc) is 3.63. The van der Waals surface area contributed by atoms with E-state index >= 15 is 0 Å². The molecule has 1 saturated carbocycles. The highest BCUT2D eigenvalue weighted by Gasteiger charge is 2.73. The van der Waals surface area contributed by atoms with Crippen LogP contribution in [-0.2, 0) is 19.1 Å². The van der Waals surface area contributed by atoms with Crippen LogP contribution in [0.15, 0.2) is 66.7 Å². The van der Waals surface area contributed by atoms with Gasteiger partial charge in [0.25, 0.3) is 0 Å². The van der Waals surface area contributed by atoms with Gasteiger partial charge in [-0.2, -0.15) is 0 Å². The summed E-state index contributed by atoms with van der Waals surface area (Å²) in [6.07, 6.45) is 6.26. The lowest BCUT2D eigenvalue weighted by Gasteiger charge is -2.39. The normalized spacial score (nSPS) is 34.3. The number of hydrogen-bond acceptors (Lipinski definition) is 5. The molecular formula is C33H39N3O5. The lowest BCUT2D eigenvalue weighted by atomic mass is 9.73. The van der Waals surface area contributed by atoms with Crippen molar-refractivity contribution in [3.63, 3.8) is 0 Å². The van der Waals surface area contributed by atoms with Crippen LogP contribution in [0.4, 0.5) is 5.69 Å². The molecule has 9 atom stereocenters. The van der Waals surface area contributed by atoms with Crippen LogP contribution in [0.2, 0.25) is 0 Å². The first-order valence-corrected chi connectivity index (χ1v) is 14.7. The second-order valence-electron chi connectivity index (χ2n) is 12.1. The Morgan fingerprint density at radius 3 is 2.49 bits per heavy atom. The van der Waals surface area contributed by atoms with Gasteiger partial charge in [-0.05, 0) is 55.0 Å². The molecule has 41 heavy (non-hydrogen) atoms. The molecule has 8 heteroatoms. The van der Waals surface area contributed by atoms with E-state index in [1.54, 1.807) is 36.3 Å². The molecular weight excluding hydrogens is 518 g/mol. The average molecular weight is 558 g/mol. The molecule has 216 valence electrons. The van der Waals surface area contributed by atoms with Gasteiger partial charge < -0.3 is 25.0 Å². The lowest BCUT2D eigenvalue weighted by molar-refractivity contribution is -0.144. The van der Waals surface area contributed by atoms with Crippen LogP contribution in [0.5, 0.6) is 5.75 Å². The molecule has 2 N–H and O–H groups in total. The number of methoxy groups -OCH3 is 1. The van der Waals surface area contributed by atoms with Crippen molar-refractivity contribution in [3.05, 3.63) is 72.3 Å². The van der Waals surface area contributed by atoms with Crippen LogP contribution in [0.25, 0.3) is 0 Å². The van der Waals surface area contributed by atoms with Gasteiger partial charge in [0.15, 0.2) is 0 Å². The first-order chi connectivity index (χ1) is 19.7. The largest absolute Gasteiger partial charge is 0.497 e. The van der Waals surface area contributed by atoms with E-state index in [-0.39, 0.29) is 29.8 Å². The zero-order valence-corrected chi connectivity index (χ0v) is 24.1. The monoisotopic (exact) mass is 557 g/mol. The van der Waals surface area contributed by atoms with E-state index in [0.717, 1.165) is 24.8 Å². The minimum Gasteiger partial charge on any atom is -0.497 e. The lowest BCUT2D eigenvalue weighted by Crippen LogP contribution is -2.58. The summed E-state index contributed by atoms with van der Waals surface area (Å²) >= 11 is 0. The summed E-state index contributed by atoms with van der Waals surface area (Å²) in [6, 6.07) is 15.5. The zero-order valence-electron chi connectivity index (χ0n) is 24.1. The molecule has 2 saturated heterocycles. The Balaban J connectivity index is 1.34. The second-order valence-corrected chi connectivity index (χ2v) is 12.1. The number of fused-ring (bicyclic) bond motifs is 1. The molecule has 7 unspecified atom stereocenters. The van der Waals surface area contributed by atoms with Crippen LogP contribution in [0.1, 0.15) is 51.6 Å². The third-order valence-electron chi connectivity index (χ3n) is 9.95. The highest BCUT2D eigenvalue weighted by molar-refractivity contribution is 6.03. The van der Waals surface area contributed by atoms with Crippen LogP contribution in [0, 0.1) is 23.7 Å². The number of hydrogen-bond donors (Lipinski definition) is 2. The Morgan fingerprint density at radius 2 is 1.78 bits per heavy atom. The van der Waals surface area contributed by atoms with E-state index in [0.29, 0.717) is 23.3 Å². The van der Waals surface area contributed by atoms with Crippen molar-refractivity contribution in [2.24, 2.45) is 23.7 Å². The smallest absolute Gasteiger partial charge is 0.246 e. The maximum Gasteiger partial charge on any atom is 0.246 e. The summed E-state index contributed by atoms with van der Waals surface area (Å²) < 4.78 is 11.8. The van der Waals surface area contributed by atoms with Crippen molar-refractivity contribution in [2.45, 2.75) is 69.9 Å². The fourth-order valence-corrected chi connectivity index (χ4v) is 7.46. The quantitative estimate of drug-likeness (QED) is 0.489. The van der Waals surface area contributed by atoms with E-state index in [1.807, 2.05) is 49.4 Å². The van der Waals surface area contributed by atoms with Gasteiger partial charge in [0.2, 0.25) is 17.7 Å². The number of carbonyl (C=O) groups is 3. The molecule has 3 amide bonds. The van der Waals surface area contributed by atoms with Crippen molar-refractivity contribution in [2.75, 3.05) is 12.4 Å². The van der Waals surface area contributed by atoms with E-state index < -0.39 is 29.6 Å². The minimum atomic E-state index is -1.21. The number of rotatable bonds is 7. The summed E-state index contributed by atoms with van der Waals surface area (Å²) in [5.41, 5.74) is 0.319. The number of anilines is 1. The Kier molecular flexibility index (Phi) is 7.14. The van der Waals surface area contributed by atoms with Gasteiger partial charge in [-0.3, -0.25) is 14.4 Å². The van der Waals surface area contributed by atoms with Crippen molar-refractivity contribution in [3.8, 4) is 5.75 Å². The van der Waals surface area contributed by atoms with Crippen LogP contribution < -0.4 is 15.4 Å². The van der Waals surface area contributed by atoms with Crippen LogP contribution in [-0.4, -0.2) is 53.5 Å². The Hall–Kier alpha value is -3.65. The number of amides is 3. The molecule has 1 spiro atoms. The SMILES string of the molecule is COc1ccc(NC(=O)C2[C@@H]3C=CC4(O3)C(C(=O)NC3CCCC(C)C3C)N(C(C)c3ccccc3)C(=O)[C@H]24)cc1. The number of nitrogens with zero attached hydrogens (tertiary/aromatic N) is 1. The molecule has 8 nitrogen and oxygen atoms in total. The number of likely N-dealkylation sites (tertiary alicyclic amines) is 1. The maximum atomic E-state index is 14.4. The molecule has 0 aromatic heterocycles. The van der Waals surface area contributed by atoms with Gasteiger partial charge in [0.1, 0.15) is 17.4 Å². The first-order valence-electron chi connectivity index (χ1n) is 14.7. The fourth-order valence-electron chi connectivity index (χ4n) is 7.46. The summed E-state index contributed by atoms with van der Waals surface area (Å²) in [6.45, 7) is 6.37. The Morgan fingerprint density at radius 1 is 1.05 bits per heavy atom. The summed E-state index contributed by atoms with van der Waals surface area (Å²) in [4.78, 5) is 44.1. The van der Waals surface area contributed by atoms with Crippen molar-refractivity contribution in [1.82, 2.24) is 10.2 Å². The molecule has 3 heterocycles. The molecule has 1 aliphatic carbocycles. The summed E-state index contributed by atoms with van der Waals surface area (Å²) in [5.74, 6) is -0.782. The van der Waals surface area contributed by atoms with Gasteiger partial charge >= 0.3 is 0 Å². The molecule has 2 bridgehead atoms. The Labute approximate surface area is 241 Å². The molecule has 4 aliphatic rings. The number of benzene rings is 2. The van der Waals surface area contributed by atoms with Crippen molar-refractivity contribution >= 4 is 23.4 Å². The zero-order chi connectivity index (χ0) is 28.9. The van der Waals surface area contributed by atoms with E-state index in [9.17, 15) is 14.4 Å². The number of ether oxygens (including phenoxy) is 2. The molecule has 0 radical (unpaired) electrons.